The molecule has 0 aliphatic carbocycles. The summed E-state index contributed by atoms with van der Waals surface area (Å²) < 4.78 is 38.5. The fraction of sp³-hybridized carbons (Fsp3) is 0.533. The number of benzene rings is 1. The maximum atomic E-state index is 12.5. The Morgan fingerprint density at radius 3 is 2.59 bits per heavy atom. The molecule has 1 aromatic carbocycles. The molecule has 0 N–H and O–H groups in total. The lowest BCUT2D eigenvalue weighted by Gasteiger charge is -2.18. The molecule has 3 nitrogen and oxygen atoms in total. The van der Waals surface area contributed by atoms with Gasteiger partial charge in [0.1, 0.15) is 10.7 Å². The van der Waals surface area contributed by atoms with Gasteiger partial charge in [-0.25, -0.2) is 0 Å². The van der Waals surface area contributed by atoms with E-state index >= 15 is 0 Å². The first-order chi connectivity index (χ1) is 10.4. The highest BCUT2D eigenvalue weighted by Gasteiger charge is 2.34. The van der Waals surface area contributed by atoms with Crippen molar-refractivity contribution in [1.82, 2.24) is 4.90 Å². The van der Waals surface area contributed by atoms with Gasteiger partial charge in [-0.15, -0.1) is 0 Å². The van der Waals surface area contributed by atoms with Gasteiger partial charge in [0.25, 0.3) is 0 Å². The summed E-state index contributed by atoms with van der Waals surface area (Å²) in [5, 5.41) is 3.91. The SMILES string of the molecule is FC(F)(F)c1ccc(CN2CC[C@@H]([C@@H]3CC(Br)=NO3)C2)cc1. The Hall–Kier alpha value is -1.08. The second-order valence-electron chi connectivity index (χ2n) is 5.79. The first-order valence-corrected chi connectivity index (χ1v) is 7.98. The Morgan fingerprint density at radius 2 is 2.00 bits per heavy atom. The molecule has 2 aliphatic heterocycles. The van der Waals surface area contributed by atoms with Crippen molar-refractivity contribution in [1.29, 1.82) is 0 Å². The molecule has 0 unspecified atom stereocenters. The van der Waals surface area contributed by atoms with Crippen molar-refractivity contribution in [2.45, 2.75) is 31.7 Å². The number of rotatable bonds is 3. The molecule has 0 spiro atoms. The van der Waals surface area contributed by atoms with E-state index in [1.807, 2.05) is 0 Å². The summed E-state index contributed by atoms with van der Waals surface area (Å²) in [7, 11) is 0. The third kappa shape index (κ3) is 3.63. The van der Waals surface area contributed by atoms with Crippen LogP contribution in [0.15, 0.2) is 29.4 Å². The maximum Gasteiger partial charge on any atom is 0.416 e. The number of hydrogen-bond acceptors (Lipinski definition) is 3. The maximum absolute atomic E-state index is 12.5. The summed E-state index contributed by atoms with van der Waals surface area (Å²) >= 11 is 3.34. The molecule has 2 atom stereocenters. The Morgan fingerprint density at radius 1 is 1.27 bits per heavy atom. The van der Waals surface area contributed by atoms with Gasteiger partial charge in [-0.3, -0.25) is 4.90 Å². The number of likely N-dealkylation sites (tertiary alicyclic amines) is 1. The minimum absolute atomic E-state index is 0.118. The average molecular weight is 377 g/mol. The van der Waals surface area contributed by atoms with Gasteiger partial charge < -0.3 is 4.84 Å². The molecule has 1 saturated heterocycles. The number of oxime groups is 1. The smallest absolute Gasteiger partial charge is 0.391 e. The van der Waals surface area contributed by atoms with Crippen molar-refractivity contribution < 1.29 is 18.0 Å². The van der Waals surface area contributed by atoms with Gasteiger partial charge in [0.05, 0.1) is 5.56 Å². The van der Waals surface area contributed by atoms with E-state index in [2.05, 4.69) is 26.0 Å². The standard InChI is InChI=1S/C15H16BrF3N2O/c16-14-7-13(22-20-14)11-5-6-21(9-11)8-10-1-3-12(4-2-10)15(17,18)19/h1-4,11,13H,5-9H2/t11-,13+/m1/s1. The lowest BCUT2D eigenvalue weighted by molar-refractivity contribution is -0.137. The van der Waals surface area contributed by atoms with E-state index in [-0.39, 0.29) is 6.10 Å². The molecule has 2 heterocycles. The zero-order valence-electron chi connectivity index (χ0n) is 11.8. The van der Waals surface area contributed by atoms with Crippen LogP contribution in [0.1, 0.15) is 24.0 Å². The summed E-state index contributed by atoms with van der Waals surface area (Å²) in [6.07, 6.45) is -2.32. The van der Waals surface area contributed by atoms with Crippen molar-refractivity contribution in [3.05, 3.63) is 35.4 Å². The van der Waals surface area contributed by atoms with Crippen LogP contribution in [-0.4, -0.2) is 28.7 Å². The summed E-state index contributed by atoms with van der Waals surface area (Å²) in [6.45, 7) is 2.49. The quantitative estimate of drug-likeness (QED) is 0.795. The van der Waals surface area contributed by atoms with E-state index in [4.69, 9.17) is 4.84 Å². The van der Waals surface area contributed by atoms with E-state index in [1.54, 1.807) is 12.1 Å². The van der Waals surface area contributed by atoms with Crippen LogP contribution in [0, 0.1) is 5.92 Å². The van der Waals surface area contributed by atoms with Crippen LogP contribution in [-0.2, 0) is 17.6 Å². The first kappa shape index (κ1) is 15.8. The second-order valence-corrected chi connectivity index (χ2v) is 6.71. The Bertz CT molecular complexity index is 559. The largest absolute Gasteiger partial charge is 0.416 e. The Kier molecular flexibility index (Phi) is 4.45. The van der Waals surface area contributed by atoms with E-state index in [1.165, 1.54) is 0 Å². The highest BCUT2D eigenvalue weighted by atomic mass is 79.9. The molecule has 1 fully saturated rings. The highest BCUT2D eigenvalue weighted by molar-refractivity contribution is 9.18. The van der Waals surface area contributed by atoms with E-state index in [9.17, 15) is 13.2 Å². The predicted octanol–water partition coefficient (Wildman–Crippen LogP) is 4.02. The van der Waals surface area contributed by atoms with Crippen molar-refractivity contribution in [2.24, 2.45) is 11.1 Å². The van der Waals surface area contributed by atoms with Gasteiger partial charge in [0.15, 0.2) is 0 Å². The van der Waals surface area contributed by atoms with Crippen molar-refractivity contribution in [2.75, 3.05) is 13.1 Å². The summed E-state index contributed by atoms with van der Waals surface area (Å²) in [4.78, 5) is 7.64. The number of alkyl halides is 3. The van der Waals surface area contributed by atoms with Crippen molar-refractivity contribution in [3.63, 3.8) is 0 Å². The van der Waals surface area contributed by atoms with Crippen molar-refractivity contribution >= 4 is 20.6 Å². The zero-order valence-corrected chi connectivity index (χ0v) is 13.4. The third-order valence-corrected chi connectivity index (χ3v) is 4.65. The van der Waals surface area contributed by atoms with Gasteiger partial charge >= 0.3 is 6.18 Å². The summed E-state index contributed by atoms with van der Waals surface area (Å²) in [5.74, 6) is 0.424. The molecule has 22 heavy (non-hydrogen) atoms. The van der Waals surface area contributed by atoms with Gasteiger partial charge in [-0.1, -0.05) is 17.3 Å². The molecule has 0 bridgehead atoms. The van der Waals surface area contributed by atoms with Crippen molar-refractivity contribution in [3.8, 4) is 0 Å². The molecule has 0 saturated carbocycles. The minimum Gasteiger partial charge on any atom is -0.391 e. The first-order valence-electron chi connectivity index (χ1n) is 7.18. The van der Waals surface area contributed by atoms with Gasteiger partial charge in [-0.05, 0) is 46.6 Å². The van der Waals surface area contributed by atoms with Gasteiger partial charge in [0.2, 0.25) is 0 Å². The lowest BCUT2D eigenvalue weighted by Crippen LogP contribution is -2.25. The molecular weight excluding hydrogens is 361 g/mol. The monoisotopic (exact) mass is 376 g/mol. The fourth-order valence-corrected chi connectivity index (χ4v) is 3.39. The number of nitrogens with zero attached hydrogens (tertiary/aromatic N) is 2. The van der Waals surface area contributed by atoms with Crippen LogP contribution >= 0.6 is 15.9 Å². The van der Waals surface area contributed by atoms with E-state index in [0.717, 1.165) is 48.2 Å². The molecular formula is C15H16BrF3N2O. The van der Waals surface area contributed by atoms with E-state index < -0.39 is 11.7 Å². The summed E-state index contributed by atoms with van der Waals surface area (Å²) in [5.41, 5.74) is 0.301. The molecule has 120 valence electrons. The van der Waals surface area contributed by atoms with E-state index in [0.29, 0.717) is 12.5 Å². The van der Waals surface area contributed by atoms with Crippen LogP contribution in [0.3, 0.4) is 0 Å². The predicted molar refractivity (Wildman–Crippen MR) is 80.7 cm³/mol. The molecule has 0 amide bonds. The Labute approximate surface area is 135 Å². The third-order valence-electron chi connectivity index (χ3n) is 4.18. The lowest BCUT2D eigenvalue weighted by atomic mass is 10.00. The number of hydrogen-bond donors (Lipinski definition) is 0. The Balaban J connectivity index is 1.54. The topological polar surface area (TPSA) is 24.8 Å². The molecule has 1 aromatic rings. The van der Waals surface area contributed by atoms with Crippen LogP contribution < -0.4 is 0 Å². The van der Waals surface area contributed by atoms with Crippen LogP contribution in [0.25, 0.3) is 0 Å². The zero-order chi connectivity index (χ0) is 15.7. The fourth-order valence-electron chi connectivity index (χ4n) is 2.99. The summed E-state index contributed by atoms with van der Waals surface area (Å²) in [6, 6.07) is 5.41. The van der Waals surface area contributed by atoms with Crippen LogP contribution in [0.4, 0.5) is 13.2 Å². The van der Waals surface area contributed by atoms with Gasteiger partial charge in [0, 0.05) is 25.4 Å². The molecule has 2 aliphatic rings. The number of halogens is 4. The minimum atomic E-state index is -4.27. The van der Waals surface area contributed by atoms with Crippen LogP contribution in [0.5, 0.6) is 0 Å². The van der Waals surface area contributed by atoms with Crippen LogP contribution in [0.2, 0.25) is 0 Å². The molecule has 0 aromatic heterocycles. The normalized spacial score (nSPS) is 26.1. The average Bonchev–Trinajstić information content (AvgIpc) is 3.07. The second kappa shape index (κ2) is 6.20. The highest BCUT2D eigenvalue weighted by Crippen LogP contribution is 2.31. The van der Waals surface area contributed by atoms with Gasteiger partial charge in [-0.2, -0.15) is 13.2 Å². The molecule has 0 radical (unpaired) electrons. The molecule has 7 heteroatoms. The molecule has 3 rings (SSSR count).